The van der Waals surface area contributed by atoms with Crippen molar-refractivity contribution in [3.05, 3.63) is 75.9 Å². The Hall–Kier alpha value is -2.04. The maximum Gasteiger partial charge on any atom is 0.123 e. The van der Waals surface area contributed by atoms with Gasteiger partial charge >= 0.3 is 0 Å². The third kappa shape index (κ3) is 2.86. The Morgan fingerprint density at radius 2 is 1.71 bits per heavy atom. The number of hydrogen-bond acceptors (Lipinski definition) is 3. The third-order valence-corrected chi connectivity index (χ3v) is 4.41. The molecule has 2 N–H and O–H groups in total. The SMILES string of the molecule is Cc1sc(C(N)c2ccccc2)nc1-c1ccc(F)cc1. The fraction of sp³-hybridized carbons (Fsp3) is 0.118. The van der Waals surface area contributed by atoms with Gasteiger partial charge in [0.2, 0.25) is 0 Å². The van der Waals surface area contributed by atoms with Crippen LogP contribution in [0.5, 0.6) is 0 Å². The van der Waals surface area contributed by atoms with E-state index >= 15 is 0 Å². The van der Waals surface area contributed by atoms with Gasteiger partial charge in [0.15, 0.2) is 0 Å². The van der Waals surface area contributed by atoms with Crippen molar-refractivity contribution in [1.82, 2.24) is 4.98 Å². The number of aromatic nitrogens is 1. The van der Waals surface area contributed by atoms with Crippen molar-refractivity contribution in [2.24, 2.45) is 5.73 Å². The lowest BCUT2D eigenvalue weighted by atomic mass is 10.1. The number of nitrogens with two attached hydrogens (primary N) is 1. The number of aryl methyl sites for hydroxylation is 1. The van der Waals surface area contributed by atoms with Crippen LogP contribution in [0.4, 0.5) is 4.39 Å². The monoisotopic (exact) mass is 298 g/mol. The van der Waals surface area contributed by atoms with Crippen LogP contribution in [0.15, 0.2) is 54.6 Å². The van der Waals surface area contributed by atoms with Gasteiger partial charge in [-0.05, 0) is 36.8 Å². The molecule has 0 aliphatic rings. The second-order valence-electron chi connectivity index (χ2n) is 4.85. The standard InChI is InChI=1S/C17H15FN2S/c1-11-16(13-7-9-14(18)10-8-13)20-17(21-11)15(19)12-5-3-2-4-6-12/h2-10,15H,19H2,1H3. The molecule has 0 aliphatic carbocycles. The molecule has 1 unspecified atom stereocenters. The summed E-state index contributed by atoms with van der Waals surface area (Å²) in [5.74, 6) is -0.243. The average Bonchev–Trinajstić information content (AvgIpc) is 2.90. The van der Waals surface area contributed by atoms with Gasteiger partial charge in [0.25, 0.3) is 0 Å². The van der Waals surface area contributed by atoms with Gasteiger partial charge in [-0.3, -0.25) is 0 Å². The number of thiazole rings is 1. The maximum absolute atomic E-state index is 13.0. The zero-order valence-electron chi connectivity index (χ0n) is 11.6. The molecule has 106 valence electrons. The summed E-state index contributed by atoms with van der Waals surface area (Å²) in [6, 6.07) is 16.1. The lowest BCUT2D eigenvalue weighted by molar-refractivity contribution is 0.628. The lowest BCUT2D eigenvalue weighted by Gasteiger charge is -2.08. The van der Waals surface area contributed by atoms with Crippen LogP contribution in [-0.4, -0.2) is 4.98 Å². The van der Waals surface area contributed by atoms with Crippen LogP contribution in [0.2, 0.25) is 0 Å². The predicted molar refractivity (Wildman–Crippen MR) is 84.7 cm³/mol. The van der Waals surface area contributed by atoms with Crippen LogP contribution in [0, 0.1) is 12.7 Å². The highest BCUT2D eigenvalue weighted by Crippen LogP contribution is 2.32. The molecule has 0 spiro atoms. The maximum atomic E-state index is 13.0. The first-order chi connectivity index (χ1) is 10.1. The van der Waals surface area contributed by atoms with E-state index in [1.807, 2.05) is 37.3 Å². The van der Waals surface area contributed by atoms with Gasteiger partial charge in [-0.25, -0.2) is 9.37 Å². The summed E-state index contributed by atoms with van der Waals surface area (Å²) in [4.78, 5) is 5.74. The molecule has 1 atom stereocenters. The molecule has 0 bridgehead atoms. The number of hydrogen-bond donors (Lipinski definition) is 1. The first kappa shape index (κ1) is 13.9. The molecule has 1 aromatic heterocycles. The predicted octanol–water partition coefficient (Wildman–Crippen LogP) is 4.31. The Morgan fingerprint density at radius 3 is 2.38 bits per heavy atom. The molecule has 0 amide bonds. The Balaban J connectivity index is 1.96. The molecule has 21 heavy (non-hydrogen) atoms. The van der Waals surface area contributed by atoms with Gasteiger partial charge in [0, 0.05) is 10.4 Å². The molecule has 2 nitrogen and oxygen atoms in total. The summed E-state index contributed by atoms with van der Waals surface area (Å²) in [5, 5.41) is 0.873. The van der Waals surface area contributed by atoms with E-state index in [1.54, 1.807) is 23.5 Å². The van der Waals surface area contributed by atoms with Gasteiger partial charge < -0.3 is 5.73 Å². The highest BCUT2D eigenvalue weighted by Gasteiger charge is 2.16. The summed E-state index contributed by atoms with van der Waals surface area (Å²) in [7, 11) is 0. The van der Waals surface area contributed by atoms with Crippen LogP contribution in [-0.2, 0) is 0 Å². The van der Waals surface area contributed by atoms with Crippen LogP contribution in [0.1, 0.15) is 21.5 Å². The van der Waals surface area contributed by atoms with Crippen molar-refractivity contribution in [1.29, 1.82) is 0 Å². The molecule has 3 rings (SSSR count). The second-order valence-corrected chi connectivity index (χ2v) is 6.09. The van der Waals surface area contributed by atoms with Gasteiger partial charge in [-0.1, -0.05) is 30.3 Å². The Labute approximate surface area is 127 Å². The topological polar surface area (TPSA) is 38.9 Å². The zero-order valence-corrected chi connectivity index (χ0v) is 12.4. The van der Waals surface area contributed by atoms with E-state index in [2.05, 4.69) is 4.98 Å². The largest absolute Gasteiger partial charge is 0.318 e. The van der Waals surface area contributed by atoms with Crippen molar-refractivity contribution in [3.8, 4) is 11.3 Å². The molecule has 1 heterocycles. The van der Waals surface area contributed by atoms with E-state index in [0.29, 0.717) is 0 Å². The molecular formula is C17H15FN2S. The van der Waals surface area contributed by atoms with Crippen LogP contribution in [0.25, 0.3) is 11.3 Å². The second kappa shape index (κ2) is 5.76. The molecule has 2 aromatic carbocycles. The summed E-state index contributed by atoms with van der Waals surface area (Å²) in [5.41, 5.74) is 9.12. The minimum atomic E-state index is -0.243. The van der Waals surface area contributed by atoms with E-state index in [1.165, 1.54) is 12.1 Å². The van der Waals surface area contributed by atoms with Crippen LogP contribution >= 0.6 is 11.3 Å². The van der Waals surface area contributed by atoms with Crippen molar-refractivity contribution >= 4 is 11.3 Å². The van der Waals surface area contributed by atoms with Crippen molar-refractivity contribution in [3.63, 3.8) is 0 Å². The summed E-state index contributed by atoms with van der Waals surface area (Å²) in [6.07, 6.45) is 0. The molecule has 0 radical (unpaired) electrons. The van der Waals surface area contributed by atoms with E-state index in [9.17, 15) is 4.39 Å². The van der Waals surface area contributed by atoms with Crippen LogP contribution in [0.3, 0.4) is 0 Å². The quantitative estimate of drug-likeness (QED) is 0.782. The van der Waals surface area contributed by atoms with Crippen LogP contribution < -0.4 is 5.73 Å². The third-order valence-electron chi connectivity index (χ3n) is 3.36. The molecular weight excluding hydrogens is 283 g/mol. The van der Waals surface area contributed by atoms with Crippen molar-refractivity contribution < 1.29 is 4.39 Å². The van der Waals surface area contributed by atoms with E-state index in [0.717, 1.165) is 26.7 Å². The van der Waals surface area contributed by atoms with Gasteiger partial charge in [-0.2, -0.15) is 0 Å². The minimum absolute atomic E-state index is 0.232. The highest BCUT2D eigenvalue weighted by atomic mass is 32.1. The first-order valence-corrected chi connectivity index (χ1v) is 7.50. The van der Waals surface area contributed by atoms with Gasteiger partial charge in [0.05, 0.1) is 11.7 Å². The van der Waals surface area contributed by atoms with E-state index < -0.39 is 0 Å². The van der Waals surface area contributed by atoms with Crippen molar-refractivity contribution in [2.45, 2.75) is 13.0 Å². The molecule has 0 aliphatic heterocycles. The Bertz CT molecular complexity index is 735. The van der Waals surface area contributed by atoms with E-state index in [4.69, 9.17) is 5.73 Å². The Morgan fingerprint density at radius 1 is 1.05 bits per heavy atom. The molecule has 0 saturated heterocycles. The zero-order chi connectivity index (χ0) is 14.8. The molecule has 0 fully saturated rings. The first-order valence-electron chi connectivity index (χ1n) is 6.69. The fourth-order valence-electron chi connectivity index (χ4n) is 2.23. The van der Waals surface area contributed by atoms with Gasteiger partial charge in [-0.15, -0.1) is 11.3 Å². The average molecular weight is 298 g/mol. The number of rotatable bonds is 3. The Kier molecular flexibility index (Phi) is 3.82. The number of halogens is 1. The van der Waals surface area contributed by atoms with Crippen molar-refractivity contribution in [2.75, 3.05) is 0 Å². The van der Waals surface area contributed by atoms with Gasteiger partial charge in [0.1, 0.15) is 10.8 Å². The smallest absolute Gasteiger partial charge is 0.123 e. The fourth-order valence-corrected chi connectivity index (χ4v) is 3.20. The minimum Gasteiger partial charge on any atom is -0.318 e. The summed E-state index contributed by atoms with van der Waals surface area (Å²) in [6.45, 7) is 2.01. The number of benzene rings is 2. The van der Waals surface area contributed by atoms with E-state index in [-0.39, 0.29) is 11.9 Å². The summed E-state index contributed by atoms with van der Waals surface area (Å²) >= 11 is 1.59. The highest BCUT2D eigenvalue weighted by molar-refractivity contribution is 7.12. The normalized spacial score (nSPS) is 12.3. The lowest BCUT2D eigenvalue weighted by Crippen LogP contribution is -2.11. The molecule has 3 aromatic rings. The molecule has 0 saturated carbocycles. The number of nitrogens with zero attached hydrogens (tertiary/aromatic N) is 1. The molecule has 4 heteroatoms. The summed E-state index contributed by atoms with van der Waals surface area (Å²) < 4.78 is 13.0.